The van der Waals surface area contributed by atoms with Crippen molar-refractivity contribution in [2.75, 3.05) is 43.9 Å². The van der Waals surface area contributed by atoms with E-state index in [1.54, 1.807) is 18.5 Å². The average molecular weight is 668 g/mol. The van der Waals surface area contributed by atoms with Crippen LogP contribution in [-0.2, 0) is 6.18 Å². The van der Waals surface area contributed by atoms with Crippen molar-refractivity contribution >= 4 is 45.2 Å². The molecule has 1 aliphatic heterocycles. The van der Waals surface area contributed by atoms with Crippen molar-refractivity contribution in [3.05, 3.63) is 95.8 Å². The lowest BCUT2D eigenvalue weighted by atomic mass is 10.2. The number of carbonyl (C=O) groups excluding carboxylic acids is 1. The number of pyridine rings is 2. The van der Waals surface area contributed by atoms with Crippen molar-refractivity contribution in [3.63, 3.8) is 0 Å². The summed E-state index contributed by atoms with van der Waals surface area (Å²) >= 11 is 1.37. The number of hydrazone groups is 1. The van der Waals surface area contributed by atoms with E-state index in [2.05, 4.69) is 32.3 Å². The van der Waals surface area contributed by atoms with E-state index >= 15 is 4.39 Å². The first kappa shape index (κ1) is 31.8. The third-order valence-electron chi connectivity index (χ3n) is 7.22. The molecule has 242 valence electrons. The number of halogens is 5. The predicted octanol–water partition coefficient (Wildman–Crippen LogP) is 7.67. The van der Waals surface area contributed by atoms with Gasteiger partial charge in [0.2, 0.25) is 0 Å². The minimum atomic E-state index is -4.73. The summed E-state index contributed by atoms with van der Waals surface area (Å²) in [5.74, 6) is -1.70. The fourth-order valence-electron chi connectivity index (χ4n) is 4.67. The zero-order valence-electron chi connectivity index (χ0n) is 24.7. The second-order valence-electron chi connectivity index (χ2n) is 10.6. The number of anilines is 2. The Labute approximate surface area is 269 Å². The molecule has 0 atom stereocenters. The normalized spacial score (nSPS) is 14.1. The number of benzene rings is 2. The second kappa shape index (κ2) is 13.3. The molecule has 0 radical (unpaired) electrons. The summed E-state index contributed by atoms with van der Waals surface area (Å²) in [6.45, 7) is 3.67. The summed E-state index contributed by atoms with van der Waals surface area (Å²) in [6.07, 6.45) is 0.335. The van der Waals surface area contributed by atoms with Crippen LogP contribution in [0.25, 0.3) is 20.8 Å². The number of ether oxygens (including phenoxy) is 1. The maximum atomic E-state index is 15.0. The third-order valence-corrected chi connectivity index (χ3v) is 8.38. The number of thiophene rings is 1. The Balaban J connectivity index is 1.12. The molecule has 6 rings (SSSR count). The first-order valence-electron chi connectivity index (χ1n) is 14.3. The maximum absolute atomic E-state index is 15.0. The standard InChI is InChI=1S/C32H26F5N7O2S/c1-43-10-12-44(13-11-43)40-18-19-2-6-24(39-17-19)29-16-26-30(47-29)28(8-9-38-26)46-27-7-4-21(15-23(27)34)41-31(45)42-25-14-20(32(35,36)37)3-5-22(25)33/h2-9,14-18H,10-13H2,1H3,(H2,41,42,45)/b40-18+. The van der Waals surface area contributed by atoms with Gasteiger partial charge in [0.05, 0.1) is 38.3 Å². The van der Waals surface area contributed by atoms with Crippen LogP contribution in [0.5, 0.6) is 11.5 Å². The second-order valence-corrected chi connectivity index (χ2v) is 11.7. The van der Waals surface area contributed by atoms with Crippen LogP contribution in [0.2, 0.25) is 0 Å². The van der Waals surface area contributed by atoms with Crippen molar-refractivity contribution in [2.24, 2.45) is 5.10 Å². The molecule has 5 aromatic rings. The maximum Gasteiger partial charge on any atom is 0.416 e. The minimum absolute atomic E-state index is 0.0406. The highest BCUT2D eigenvalue weighted by Gasteiger charge is 2.31. The summed E-state index contributed by atoms with van der Waals surface area (Å²) in [7, 11) is 2.09. The molecular formula is C32H26F5N7O2S. The molecule has 3 aromatic heterocycles. The largest absolute Gasteiger partial charge is 0.453 e. The molecule has 2 aromatic carbocycles. The van der Waals surface area contributed by atoms with Crippen LogP contribution in [0, 0.1) is 11.6 Å². The molecule has 0 bridgehead atoms. The van der Waals surface area contributed by atoms with E-state index in [9.17, 15) is 22.4 Å². The zero-order chi connectivity index (χ0) is 33.1. The molecule has 15 heteroatoms. The molecule has 2 N–H and O–H groups in total. The number of rotatable bonds is 7. The van der Waals surface area contributed by atoms with Gasteiger partial charge in [-0.15, -0.1) is 11.3 Å². The van der Waals surface area contributed by atoms with E-state index < -0.39 is 35.1 Å². The topological polar surface area (TPSA) is 95.0 Å². The van der Waals surface area contributed by atoms with Gasteiger partial charge in [-0.2, -0.15) is 18.3 Å². The van der Waals surface area contributed by atoms with Crippen molar-refractivity contribution < 1.29 is 31.5 Å². The van der Waals surface area contributed by atoms with Crippen molar-refractivity contribution in [2.45, 2.75) is 6.18 Å². The molecule has 4 heterocycles. The lowest BCUT2D eigenvalue weighted by Crippen LogP contribution is -2.41. The van der Waals surface area contributed by atoms with Crippen LogP contribution in [0.15, 0.2) is 78.2 Å². The predicted molar refractivity (Wildman–Crippen MR) is 170 cm³/mol. The lowest BCUT2D eigenvalue weighted by Gasteiger charge is -2.30. The van der Waals surface area contributed by atoms with E-state index in [-0.39, 0.29) is 11.4 Å². The number of carbonyl (C=O) groups is 1. The first-order chi connectivity index (χ1) is 22.5. The van der Waals surface area contributed by atoms with Crippen LogP contribution in [0.3, 0.4) is 0 Å². The number of alkyl halides is 3. The Morgan fingerprint density at radius 2 is 1.74 bits per heavy atom. The lowest BCUT2D eigenvalue weighted by molar-refractivity contribution is -0.137. The number of amides is 2. The van der Waals surface area contributed by atoms with E-state index in [1.165, 1.54) is 29.7 Å². The van der Waals surface area contributed by atoms with E-state index in [0.717, 1.165) is 48.4 Å². The summed E-state index contributed by atoms with van der Waals surface area (Å²) < 4.78 is 74.5. The first-order valence-corrected chi connectivity index (χ1v) is 15.1. The summed E-state index contributed by atoms with van der Waals surface area (Å²) in [5, 5.41) is 10.9. The monoisotopic (exact) mass is 667 g/mol. The van der Waals surface area contributed by atoms with Gasteiger partial charge in [0.1, 0.15) is 11.6 Å². The SMILES string of the molecule is CN1CCN(/N=C/c2ccc(-c3cc4nccc(Oc5ccc(NC(=O)Nc6cc(C(F)(F)F)ccc6F)cc5F)c4s3)nc2)CC1. The number of piperazine rings is 1. The van der Waals surface area contributed by atoms with Crippen LogP contribution < -0.4 is 15.4 Å². The number of aromatic nitrogens is 2. The van der Waals surface area contributed by atoms with E-state index in [4.69, 9.17) is 4.74 Å². The van der Waals surface area contributed by atoms with Crippen molar-refractivity contribution in [1.82, 2.24) is 19.9 Å². The summed E-state index contributed by atoms with van der Waals surface area (Å²) in [6, 6.07) is 11.4. The van der Waals surface area contributed by atoms with E-state index in [0.29, 0.717) is 34.2 Å². The van der Waals surface area contributed by atoms with Crippen LogP contribution in [0.4, 0.5) is 38.1 Å². The highest BCUT2D eigenvalue weighted by molar-refractivity contribution is 7.22. The molecule has 1 fully saturated rings. The van der Waals surface area contributed by atoms with Crippen molar-refractivity contribution in [1.29, 1.82) is 0 Å². The van der Waals surface area contributed by atoms with Gasteiger partial charge < -0.3 is 20.3 Å². The summed E-state index contributed by atoms with van der Waals surface area (Å²) in [4.78, 5) is 24.4. The third kappa shape index (κ3) is 7.64. The fourth-order valence-corrected chi connectivity index (χ4v) is 5.71. The number of hydrogen-bond acceptors (Lipinski definition) is 8. The summed E-state index contributed by atoms with van der Waals surface area (Å²) in [5.41, 5.74) is 0.352. The van der Waals surface area contributed by atoms with Gasteiger partial charge >= 0.3 is 12.2 Å². The number of likely N-dealkylation sites (N-methyl/N-ethyl adjacent to an activating group) is 1. The molecule has 1 aliphatic rings. The Morgan fingerprint density at radius 3 is 2.47 bits per heavy atom. The van der Waals surface area contributed by atoms with Gasteiger partial charge in [0.15, 0.2) is 11.6 Å². The van der Waals surface area contributed by atoms with Crippen LogP contribution in [-0.4, -0.2) is 65.3 Å². The highest BCUT2D eigenvalue weighted by atomic mass is 32.1. The molecule has 0 saturated carbocycles. The van der Waals surface area contributed by atoms with Gasteiger partial charge in [0, 0.05) is 62.0 Å². The Morgan fingerprint density at radius 1 is 0.936 bits per heavy atom. The number of nitrogens with one attached hydrogen (secondary N) is 2. The zero-order valence-corrected chi connectivity index (χ0v) is 25.5. The van der Waals surface area contributed by atoms with Gasteiger partial charge in [-0.1, -0.05) is 0 Å². The Hall–Kier alpha value is -5.15. The molecule has 9 nitrogen and oxygen atoms in total. The van der Waals surface area contributed by atoms with E-state index in [1.807, 2.05) is 28.5 Å². The molecule has 0 spiro atoms. The fraction of sp³-hybridized carbons (Fsp3) is 0.188. The van der Waals surface area contributed by atoms with Crippen molar-refractivity contribution in [3.8, 4) is 22.1 Å². The molecule has 47 heavy (non-hydrogen) atoms. The Bertz CT molecular complexity index is 1940. The molecule has 1 saturated heterocycles. The molecule has 0 unspecified atom stereocenters. The van der Waals surface area contributed by atoms with Gasteiger partial charge in [-0.3, -0.25) is 15.0 Å². The van der Waals surface area contributed by atoms with Gasteiger partial charge in [0.25, 0.3) is 0 Å². The average Bonchev–Trinajstić information content (AvgIpc) is 3.48. The molecule has 2 amide bonds. The van der Waals surface area contributed by atoms with Crippen LogP contribution >= 0.6 is 11.3 Å². The highest BCUT2D eigenvalue weighted by Crippen LogP contribution is 2.39. The van der Waals surface area contributed by atoms with Gasteiger partial charge in [-0.25, -0.2) is 13.6 Å². The van der Waals surface area contributed by atoms with Crippen LogP contribution in [0.1, 0.15) is 11.1 Å². The smallest absolute Gasteiger partial charge is 0.416 e. The number of urea groups is 1. The minimum Gasteiger partial charge on any atom is -0.453 e. The van der Waals surface area contributed by atoms with Gasteiger partial charge in [-0.05, 0) is 55.6 Å². The molecular weight excluding hydrogens is 641 g/mol. The number of hydrogen-bond donors (Lipinski definition) is 2. The number of nitrogens with zero attached hydrogens (tertiary/aromatic N) is 5. The quantitative estimate of drug-likeness (QED) is 0.137. The number of fused-ring (bicyclic) bond motifs is 1. The Kier molecular flexibility index (Phi) is 9.00. The molecule has 0 aliphatic carbocycles.